The third-order valence-electron chi connectivity index (χ3n) is 9.58. The van der Waals surface area contributed by atoms with Gasteiger partial charge in [0, 0.05) is 19.8 Å². The highest BCUT2D eigenvalue weighted by molar-refractivity contribution is 7.54. The van der Waals surface area contributed by atoms with E-state index < -0.39 is 118 Å². The average Bonchev–Trinajstić information content (AvgIpc) is 3.12. The van der Waals surface area contributed by atoms with Crippen LogP contribution in [0.15, 0.2) is 0 Å². The Bertz CT molecular complexity index is 1170. The summed E-state index contributed by atoms with van der Waals surface area (Å²) in [6.45, 7) is 9.74. The molecular weight excluding hydrogens is 771 g/mol. The fraction of sp³-hybridized carbons (Fsp3) is 1.00. The Hall–Kier alpha value is -0.530. The summed E-state index contributed by atoms with van der Waals surface area (Å²) >= 11 is 0. The Morgan fingerprint density at radius 2 is 1.04 bits per heavy atom. The second-order valence-electron chi connectivity index (χ2n) is 16.3. The summed E-state index contributed by atoms with van der Waals surface area (Å²) in [5, 5.41) is 95.2. The molecule has 3 aliphatic rings. The molecular formula is C35H67O20P. The van der Waals surface area contributed by atoms with E-state index in [-0.39, 0.29) is 32.0 Å². The van der Waals surface area contributed by atoms with Gasteiger partial charge in [-0.25, -0.2) is 0 Å². The lowest BCUT2D eigenvalue weighted by Gasteiger charge is -2.48. The second-order valence-corrected chi connectivity index (χ2v) is 19.0. The first-order valence-corrected chi connectivity index (χ1v) is 20.8. The van der Waals surface area contributed by atoms with Crippen molar-refractivity contribution in [2.45, 2.75) is 177 Å². The fourth-order valence-corrected chi connectivity index (χ4v) is 6.76. The van der Waals surface area contributed by atoms with Crippen molar-refractivity contribution >= 4 is 7.60 Å². The van der Waals surface area contributed by atoms with Gasteiger partial charge in [-0.1, -0.05) is 0 Å². The third-order valence-corrected chi connectivity index (χ3v) is 11.8. The molecule has 10 N–H and O–H groups in total. The normalized spacial score (nSPS) is 38.4. The lowest BCUT2D eigenvalue weighted by molar-refractivity contribution is -0.381. The van der Waals surface area contributed by atoms with Crippen molar-refractivity contribution in [3.8, 4) is 0 Å². The van der Waals surface area contributed by atoms with Crippen LogP contribution in [0.5, 0.6) is 0 Å². The molecule has 3 saturated heterocycles. The average molecular weight is 839 g/mol. The Kier molecular flexibility index (Phi) is 19.9. The lowest BCUT2D eigenvalue weighted by atomic mass is 9.96. The van der Waals surface area contributed by atoms with Crippen molar-refractivity contribution in [2.75, 3.05) is 46.2 Å². The minimum atomic E-state index is -3.80. The number of aliphatic hydroxyl groups is 9. The molecule has 3 aliphatic heterocycles. The van der Waals surface area contributed by atoms with E-state index in [1.807, 2.05) is 20.8 Å². The smallest absolute Gasteiger partial charge is 0.333 e. The molecule has 56 heavy (non-hydrogen) atoms. The van der Waals surface area contributed by atoms with Gasteiger partial charge < -0.3 is 93.3 Å². The Morgan fingerprint density at radius 1 is 0.554 bits per heavy atom. The van der Waals surface area contributed by atoms with Crippen molar-refractivity contribution in [3.05, 3.63) is 0 Å². The topological polar surface area (TPSA) is 302 Å². The predicted molar refractivity (Wildman–Crippen MR) is 193 cm³/mol. The number of aliphatic hydroxyl groups excluding tert-OH is 9. The standard InChI is InChI=1S/C35H67O20P/c1-34(2,3)49-14-11-10-12-47-18-21-22(38)25(41)26(42)32(53-21)54-30-24(40)20(17-37)52-33(28(30)44)55-29-23(39)19(16-36)51-31(27(29)43)48-13-8-7-9-15-50-56(45,46)35(4,5)6/h19-33,36-44H,7-18H2,1-6H3,(H,45,46). The van der Waals surface area contributed by atoms with Crippen molar-refractivity contribution in [1.29, 1.82) is 0 Å². The molecule has 0 aromatic carbocycles. The molecule has 20 nitrogen and oxygen atoms in total. The summed E-state index contributed by atoms with van der Waals surface area (Å²) in [6.07, 6.45) is -21.9. The van der Waals surface area contributed by atoms with Crippen LogP contribution in [0.2, 0.25) is 0 Å². The molecule has 0 aromatic heterocycles. The molecule has 0 bridgehead atoms. The van der Waals surface area contributed by atoms with E-state index in [1.165, 1.54) is 0 Å². The number of rotatable bonds is 21. The van der Waals surface area contributed by atoms with Crippen molar-refractivity contribution < 1.29 is 97.8 Å². The maximum absolute atomic E-state index is 12.3. The molecule has 16 unspecified atom stereocenters. The number of ether oxygens (including phenoxy) is 8. The van der Waals surface area contributed by atoms with Gasteiger partial charge in [-0.2, -0.15) is 0 Å². The van der Waals surface area contributed by atoms with Gasteiger partial charge in [-0.05, 0) is 73.6 Å². The minimum absolute atomic E-state index is 0.0265. The molecule has 16 atom stereocenters. The zero-order valence-electron chi connectivity index (χ0n) is 33.1. The van der Waals surface area contributed by atoms with E-state index in [4.69, 9.17) is 42.4 Å². The maximum Gasteiger partial charge on any atom is 0.333 e. The number of hydrogen-bond acceptors (Lipinski definition) is 19. The summed E-state index contributed by atoms with van der Waals surface area (Å²) in [7, 11) is -3.80. The SMILES string of the molecule is CC(C)(C)OCCCCOCC1OC(OC2C(O)C(CO)OC(OC3C(O)C(CO)OC(OCCCCCOP(=O)(O)C(C)(C)C)C3O)C2O)C(O)C(O)C1O. The van der Waals surface area contributed by atoms with E-state index in [9.17, 15) is 55.4 Å². The quantitative estimate of drug-likeness (QED) is 0.0452. The van der Waals surface area contributed by atoms with Gasteiger partial charge in [0.15, 0.2) is 18.9 Å². The fourth-order valence-electron chi connectivity index (χ4n) is 6.00. The van der Waals surface area contributed by atoms with Gasteiger partial charge >= 0.3 is 7.60 Å². The molecule has 0 aliphatic carbocycles. The van der Waals surface area contributed by atoms with Gasteiger partial charge in [-0.3, -0.25) is 4.57 Å². The van der Waals surface area contributed by atoms with Gasteiger partial charge in [0.2, 0.25) is 0 Å². The largest absolute Gasteiger partial charge is 0.394 e. The molecule has 3 rings (SSSR count). The van der Waals surface area contributed by atoms with Crippen LogP contribution >= 0.6 is 7.60 Å². The first-order valence-electron chi connectivity index (χ1n) is 19.2. The molecule has 3 fully saturated rings. The Morgan fingerprint density at radius 3 is 1.59 bits per heavy atom. The van der Waals surface area contributed by atoms with Crippen molar-refractivity contribution in [1.82, 2.24) is 0 Å². The van der Waals surface area contributed by atoms with Crippen LogP contribution < -0.4 is 0 Å². The van der Waals surface area contributed by atoms with E-state index in [1.54, 1.807) is 20.8 Å². The lowest BCUT2D eigenvalue weighted by Crippen LogP contribution is -2.67. The molecule has 0 saturated carbocycles. The van der Waals surface area contributed by atoms with Gasteiger partial charge in [0.25, 0.3) is 0 Å². The predicted octanol–water partition coefficient (Wildman–Crippen LogP) is -1.76. The van der Waals surface area contributed by atoms with E-state index in [0.29, 0.717) is 38.7 Å². The van der Waals surface area contributed by atoms with E-state index in [0.717, 1.165) is 0 Å². The van der Waals surface area contributed by atoms with Crippen LogP contribution in [0.25, 0.3) is 0 Å². The number of hydrogen-bond donors (Lipinski definition) is 10. The highest BCUT2D eigenvalue weighted by atomic mass is 31.2. The monoisotopic (exact) mass is 838 g/mol. The van der Waals surface area contributed by atoms with Crippen LogP contribution in [0.3, 0.4) is 0 Å². The van der Waals surface area contributed by atoms with Crippen LogP contribution in [-0.4, -0.2) is 200 Å². The van der Waals surface area contributed by atoms with Crippen molar-refractivity contribution in [3.63, 3.8) is 0 Å². The first-order chi connectivity index (χ1) is 26.1. The molecule has 332 valence electrons. The minimum Gasteiger partial charge on any atom is -0.394 e. The summed E-state index contributed by atoms with van der Waals surface area (Å²) in [4.78, 5) is 10.0. The summed E-state index contributed by atoms with van der Waals surface area (Å²) in [5.41, 5.74) is -0.278. The van der Waals surface area contributed by atoms with E-state index in [2.05, 4.69) is 0 Å². The highest BCUT2D eigenvalue weighted by Gasteiger charge is 2.54. The molecule has 21 heteroatoms. The Labute approximate surface area is 328 Å². The zero-order chi connectivity index (χ0) is 42.0. The van der Waals surface area contributed by atoms with Gasteiger partial charge in [0.05, 0.1) is 37.2 Å². The second kappa shape index (κ2) is 22.4. The highest BCUT2D eigenvalue weighted by Crippen LogP contribution is 2.54. The molecule has 0 spiro atoms. The van der Waals surface area contributed by atoms with Crippen LogP contribution in [0.4, 0.5) is 0 Å². The van der Waals surface area contributed by atoms with Gasteiger partial charge in [0.1, 0.15) is 73.2 Å². The first kappa shape index (κ1) is 49.8. The molecule has 0 amide bonds. The molecule has 0 radical (unpaired) electrons. The van der Waals surface area contributed by atoms with Crippen molar-refractivity contribution in [2.24, 2.45) is 0 Å². The number of unbranched alkanes of at least 4 members (excludes halogenated alkanes) is 3. The summed E-state index contributed by atoms with van der Waals surface area (Å²) < 4.78 is 62.8. The third kappa shape index (κ3) is 14.0. The van der Waals surface area contributed by atoms with Crippen LogP contribution in [0, 0.1) is 0 Å². The summed E-state index contributed by atoms with van der Waals surface area (Å²) in [5.74, 6) is 0. The van der Waals surface area contributed by atoms with Gasteiger partial charge in [-0.15, -0.1) is 0 Å². The van der Waals surface area contributed by atoms with Crippen LogP contribution in [-0.2, 0) is 47.0 Å². The summed E-state index contributed by atoms with van der Waals surface area (Å²) in [6, 6.07) is 0. The maximum atomic E-state index is 12.3. The van der Waals surface area contributed by atoms with Crippen LogP contribution in [0.1, 0.15) is 73.6 Å². The molecule has 0 aromatic rings. The molecule has 3 heterocycles. The Balaban J connectivity index is 1.60. The zero-order valence-corrected chi connectivity index (χ0v) is 34.0. The van der Waals surface area contributed by atoms with E-state index >= 15 is 0 Å².